The van der Waals surface area contributed by atoms with Gasteiger partial charge in [-0.2, -0.15) is 0 Å². The summed E-state index contributed by atoms with van der Waals surface area (Å²) >= 11 is 0. The molecule has 6 heteroatoms. The Labute approximate surface area is 162 Å². The number of likely N-dealkylation sites (N-methyl/N-ethyl adjacent to an activating group) is 1. The first-order chi connectivity index (χ1) is 13.1. The Balaban J connectivity index is 1.60. The minimum Gasteiger partial charge on any atom is -0.348 e. The fourth-order valence-corrected chi connectivity index (χ4v) is 3.62. The van der Waals surface area contributed by atoms with Crippen molar-refractivity contribution in [2.45, 2.75) is 32.4 Å². The second-order valence-corrected chi connectivity index (χ2v) is 7.42. The maximum absolute atomic E-state index is 12.7. The lowest BCUT2D eigenvalue weighted by molar-refractivity contribution is -0.123. The van der Waals surface area contributed by atoms with Crippen LogP contribution in [0, 0.1) is 6.92 Å². The monoisotopic (exact) mass is 369 g/mol. The van der Waals surface area contributed by atoms with Crippen LogP contribution in [0.4, 0.5) is 0 Å². The summed E-state index contributed by atoms with van der Waals surface area (Å²) in [5.74, 6) is 1.11. The summed E-state index contributed by atoms with van der Waals surface area (Å²) in [4.78, 5) is 21.6. The molecule has 27 heavy (non-hydrogen) atoms. The van der Waals surface area contributed by atoms with Crippen LogP contribution < -0.4 is 5.32 Å². The highest BCUT2D eigenvalue weighted by atomic mass is 16.2. The number of nitrogens with one attached hydrogen (secondary N) is 1. The molecule has 1 atom stereocenters. The molecule has 0 saturated carbocycles. The van der Waals surface area contributed by atoms with Crippen LogP contribution in [-0.4, -0.2) is 65.0 Å². The van der Waals surface area contributed by atoms with Gasteiger partial charge in [0.15, 0.2) is 0 Å². The first-order valence-electron chi connectivity index (χ1n) is 9.85. The Bertz CT molecular complexity index is 714. The number of aromatic nitrogens is 2. The fourth-order valence-electron chi connectivity index (χ4n) is 3.62. The van der Waals surface area contributed by atoms with Gasteiger partial charge in [-0.05, 0) is 45.5 Å². The molecule has 0 radical (unpaired) electrons. The molecule has 1 saturated heterocycles. The average molecular weight is 370 g/mol. The fraction of sp³-hybridized carbons (Fsp3) is 0.524. The van der Waals surface area contributed by atoms with E-state index in [9.17, 15) is 4.79 Å². The van der Waals surface area contributed by atoms with E-state index in [0.717, 1.165) is 57.0 Å². The van der Waals surface area contributed by atoms with Crippen molar-refractivity contribution in [2.75, 3.05) is 39.8 Å². The summed E-state index contributed by atoms with van der Waals surface area (Å²) in [6.07, 6.45) is 5.77. The average Bonchev–Trinajstić information content (AvgIpc) is 2.97. The van der Waals surface area contributed by atoms with Gasteiger partial charge < -0.3 is 14.8 Å². The third-order valence-electron chi connectivity index (χ3n) is 5.30. The van der Waals surface area contributed by atoms with Gasteiger partial charge in [0, 0.05) is 32.0 Å². The van der Waals surface area contributed by atoms with Crippen LogP contribution in [0.15, 0.2) is 42.7 Å². The summed E-state index contributed by atoms with van der Waals surface area (Å²) in [5.41, 5.74) is 1.15. The normalized spacial score (nSPS) is 17.4. The Kier molecular flexibility index (Phi) is 7.01. The molecule has 0 bridgehead atoms. The summed E-state index contributed by atoms with van der Waals surface area (Å²) in [6, 6.07) is 10.3. The number of aryl methyl sites for hydroxylation is 2. The van der Waals surface area contributed by atoms with E-state index >= 15 is 0 Å². The van der Waals surface area contributed by atoms with Gasteiger partial charge in [0.1, 0.15) is 5.82 Å². The van der Waals surface area contributed by atoms with E-state index in [-0.39, 0.29) is 11.9 Å². The van der Waals surface area contributed by atoms with Crippen molar-refractivity contribution in [2.24, 2.45) is 0 Å². The summed E-state index contributed by atoms with van der Waals surface area (Å²) in [5, 5.41) is 3.27. The van der Waals surface area contributed by atoms with E-state index < -0.39 is 0 Å². The van der Waals surface area contributed by atoms with Crippen LogP contribution in [0.25, 0.3) is 0 Å². The van der Waals surface area contributed by atoms with E-state index in [1.165, 1.54) is 0 Å². The molecule has 1 aromatic heterocycles. The number of rotatable bonds is 7. The molecule has 1 aliphatic heterocycles. The molecule has 1 fully saturated rings. The molecule has 1 aliphatic rings. The van der Waals surface area contributed by atoms with Gasteiger partial charge >= 0.3 is 0 Å². The van der Waals surface area contributed by atoms with E-state index in [4.69, 9.17) is 0 Å². The molecular weight excluding hydrogens is 338 g/mol. The van der Waals surface area contributed by atoms with Crippen LogP contribution in [0.1, 0.15) is 30.3 Å². The largest absolute Gasteiger partial charge is 0.348 e. The van der Waals surface area contributed by atoms with Crippen LogP contribution in [0.2, 0.25) is 0 Å². The van der Waals surface area contributed by atoms with Gasteiger partial charge in [-0.1, -0.05) is 30.3 Å². The van der Waals surface area contributed by atoms with Crippen molar-refractivity contribution in [1.29, 1.82) is 0 Å². The molecule has 0 aliphatic carbocycles. The highest BCUT2D eigenvalue weighted by molar-refractivity contribution is 5.78. The predicted molar refractivity (Wildman–Crippen MR) is 107 cm³/mol. The highest BCUT2D eigenvalue weighted by Gasteiger charge is 2.19. The molecule has 2 aromatic rings. The molecule has 146 valence electrons. The van der Waals surface area contributed by atoms with E-state index in [2.05, 4.69) is 43.8 Å². The lowest BCUT2D eigenvalue weighted by atomic mass is 10.0. The van der Waals surface area contributed by atoms with E-state index in [1.807, 2.05) is 37.5 Å². The Morgan fingerprint density at radius 2 is 2.00 bits per heavy atom. The van der Waals surface area contributed by atoms with Gasteiger partial charge in [-0.15, -0.1) is 0 Å². The molecule has 1 aromatic carbocycles. The van der Waals surface area contributed by atoms with Crippen molar-refractivity contribution in [3.63, 3.8) is 0 Å². The zero-order valence-electron chi connectivity index (χ0n) is 16.5. The smallest absolute Gasteiger partial charge is 0.234 e. The van der Waals surface area contributed by atoms with Crippen molar-refractivity contribution in [3.8, 4) is 0 Å². The minimum absolute atomic E-state index is 0.00940. The molecular formula is C21H31N5O. The number of benzene rings is 1. The molecule has 0 spiro atoms. The third-order valence-corrected chi connectivity index (χ3v) is 5.30. The number of hydrogen-bond donors (Lipinski definition) is 1. The summed E-state index contributed by atoms with van der Waals surface area (Å²) in [7, 11) is 2.15. The van der Waals surface area contributed by atoms with Gasteiger partial charge in [-0.3, -0.25) is 9.69 Å². The van der Waals surface area contributed by atoms with E-state index in [0.29, 0.717) is 6.54 Å². The molecule has 3 rings (SSSR count). The van der Waals surface area contributed by atoms with Gasteiger partial charge in [0.25, 0.3) is 0 Å². The Hall–Kier alpha value is -2.18. The predicted octanol–water partition coefficient (Wildman–Crippen LogP) is 2.08. The second kappa shape index (κ2) is 9.67. The minimum atomic E-state index is 0.00940. The zero-order valence-corrected chi connectivity index (χ0v) is 16.5. The van der Waals surface area contributed by atoms with Crippen molar-refractivity contribution >= 4 is 5.91 Å². The quantitative estimate of drug-likeness (QED) is 0.812. The SMILES string of the molecule is Cc1nccn1CC[C@H](NC(=O)CN1CCCN(C)CC1)c1ccccc1. The van der Waals surface area contributed by atoms with Crippen molar-refractivity contribution in [1.82, 2.24) is 24.7 Å². The van der Waals surface area contributed by atoms with Crippen LogP contribution in [0.5, 0.6) is 0 Å². The Morgan fingerprint density at radius 1 is 1.19 bits per heavy atom. The summed E-state index contributed by atoms with van der Waals surface area (Å²) < 4.78 is 2.13. The number of carbonyl (C=O) groups excluding carboxylic acids is 1. The molecule has 1 N–H and O–H groups in total. The topological polar surface area (TPSA) is 53.4 Å². The number of hydrogen-bond acceptors (Lipinski definition) is 4. The maximum Gasteiger partial charge on any atom is 0.234 e. The van der Waals surface area contributed by atoms with Gasteiger partial charge in [0.2, 0.25) is 5.91 Å². The highest BCUT2D eigenvalue weighted by Crippen LogP contribution is 2.18. The summed E-state index contributed by atoms with van der Waals surface area (Å²) in [6.45, 7) is 7.38. The molecule has 2 heterocycles. The van der Waals surface area contributed by atoms with Crippen LogP contribution in [-0.2, 0) is 11.3 Å². The first-order valence-corrected chi connectivity index (χ1v) is 9.85. The standard InChI is InChI=1S/C21H31N5O/c1-18-22-10-14-26(18)13-9-20(19-7-4-3-5-8-19)23-21(27)17-25-12-6-11-24(2)15-16-25/h3-5,7-8,10,14,20H,6,9,11-13,15-17H2,1-2H3,(H,23,27)/t20-/m0/s1. The maximum atomic E-state index is 12.7. The van der Waals surface area contributed by atoms with Gasteiger partial charge in [0.05, 0.1) is 12.6 Å². The number of carbonyl (C=O) groups is 1. The number of amides is 1. The van der Waals surface area contributed by atoms with Crippen LogP contribution in [0.3, 0.4) is 0 Å². The second-order valence-electron chi connectivity index (χ2n) is 7.42. The third kappa shape index (κ3) is 5.91. The van der Waals surface area contributed by atoms with Crippen LogP contribution >= 0.6 is 0 Å². The van der Waals surface area contributed by atoms with E-state index in [1.54, 1.807) is 0 Å². The number of nitrogens with zero attached hydrogens (tertiary/aromatic N) is 4. The van der Waals surface area contributed by atoms with Crippen molar-refractivity contribution < 1.29 is 4.79 Å². The lowest BCUT2D eigenvalue weighted by Crippen LogP contribution is -2.40. The first kappa shape index (κ1) is 19.6. The lowest BCUT2D eigenvalue weighted by Gasteiger charge is -2.23. The number of imidazole rings is 1. The Morgan fingerprint density at radius 3 is 2.74 bits per heavy atom. The molecule has 0 unspecified atom stereocenters. The van der Waals surface area contributed by atoms with Crippen molar-refractivity contribution in [3.05, 3.63) is 54.1 Å². The van der Waals surface area contributed by atoms with Gasteiger partial charge in [-0.25, -0.2) is 4.98 Å². The molecule has 1 amide bonds. The molecule has 6 nitrogen and oxygen atoms in total. The zero-order chi connectivity index (χ0) is 19.1.